The number of hydrogen-bond donors (Lipinski definition) is 2. The highest BCUT2D eigenvalue weighted by Crippen LogP contribution is 2.38. The standard InChI is InChI=1S/C16H20BrF3N4O/c1-15(25)4-2-10(3-5-15)24-9-12(17)11-8-22-14(23-13(11)24)21-7-6-16(18,19)20/h8-10,25H,2-7H2,1H3,(H,21,22,23)/t10-,15+. The van der Waals surface area contributed by atoms with Crippen LogP contribution in [0.2, 0.25) is 0 Å². The van der Waals surface area contributed by atoms with Gasteiger partial charge in [0.05, 0.1) is 17.4 Å². The summed E-state index contributed by atoms with van der Waals surface area (Å²) in [6, 6.07) is 0.201. The van der Waals surface area contributed by atoms with E-state index in [0.717, 1.165) is 22.7 Å². The van der Waals surface area contributed by atoms with Gasteiger partial charge in [-0.2, -0.15) is 18.2 Å². The Morgan fingerprint density at radius 2 is 2.08 bits per heavy atom. The number of aliphatic hydroxyl groups is 1. The molecular formula is C16H20BrF3N4O. The molecule has 9 heteroatoms. The zero-order valence-corrected chi connectivity index (χ0v) is 15.4. The molecule has 0 spiro atoms. The second-order valence-corrected chi connectivity index (χ2v) is 7.69. The lowest BCUT2D eigenvalue weighted by Crippen LogP contribution is -2.31. The van der Waals surface area contributed by atoms with Crippen molar-refractivity contribution in [1.29, 1.82) is 0 Å². The van der Waals surface area contributed by atoms with E-state index in [1.54, 1.807) is 6.20 Å². The van der Waals surface area contributed by atoms with Gasteiger partial charge in [-0.05, 0) is 48.5 Å². The molecule has 1 aliphatic carbocycles. The molecule has 0 unspecified atom stereocenters. The maximum absolute atomic E-state index is 12.3. The second kappa shape index (κ2) is 6.75. The first-order chi connectivity index (χ1) is 11.6. The molecule has 2 aromatic rings. The maximum Gasteiger partial charge on any atom is 0.390 e. The van der Waals surface area contributed by atoms with Gasteiger partial charge in [0, 0.05) is 29.5 Å². The van der Waals surface area contributed by atoms with Gasteiger partial charge in [-0.15, -0.1) is 0 Å². The highest BCUT2D eigenvalue weighted by molar-refractivity contribution is 9.10. The van der Waals surface area contributed by atoms with Gasteiger partial charge in [-0.1, -0.05) is 0 Å². The normalized spacial score (nSPS) is 24.6. The molecule has 1 saturated carbocycles. The average Bonchev–Trinajstić information content (AvgIpc) is 2.83. The number of aromatic nitrogens is 3. The summed E-state index contributed by atoms with van der Waals surface area (Å²) in [4.78, 5) is 8.50. The molecule has 1 fully saturated rings. The number of nitrogens with one attached hydrogen (secondary N) is 1. The molecule has 138 valence electrons. The van der Waals surface area contributed by atoms with E-state index >= 15 is 0 Å². The van der Waals surface area contributed by atoms with Gasteiger partial charge >= 0.3 is 6.18 Å². The molecule has 2 aromatic heterocycles. The summed E-state index contributed by atoms with van der Waals surface area (Å²) in [5.74, 6) is 0.186. The third-order valence-electron chi connectivity index (χ3n) is 4.64. The quantitative estimate of drug-likeness (QED) is 0.767. The van der Waals surface area contributed by atoms with Crippen molar-refractivity contribution in [3.05, 3.63) is 16.9 Å². The van der Waals surface area contributed by atoms with Crippen LogP contribution in [-0.2, 0) is 0 Å². The van der Waals surface area contributed by atoms with E-state index in [0.29, 0.717) is 18.5 Å². The van der Waals surface area contributed by atoms with Gasteiger partial charge < -0.3 is 15.0 Å². The van der Waals surface area contributed by atoms with Crippen molar-refractivity contribution < 1.29 is 18.3 Å². The molecule has 2 heterocycles. The number of nitrogens with zero attached hydrogens (tertiary/aromatic N) is 3. The fraction of sp³-hybridized carbons (Fsp3) is 0.625. The van der Waals surface area contributed by atoms with Gasteiger partial charge in [-0.3, -0.25) is 0 Å². The van der Waals surface area contributed by atoms with E-state index in [4.69, 9.17) is 0 Å². The van der Waals surface area contributed by atoms with Gasteiger partial charge in [-0.25, -0.2) is 4.98 Å². The number of alkyl halides is 3. The van der Waals surface area contributed by atoms with Crippen LogP contribution in [0.25, 0.3) is 11.0 Å². The average molecular weight is 421 g/mol. The highest BCUT2D eigenvalue weighted by atomic mass is 79.9. The molecule has 0 bridgehead atoms. The second-order valence-electron chi connectivity index (χ2n) is 6.84. The molecule has 1 aliphatic rings. The van der Waals surface area contributed by atoms with Crippen molar-refractivity contribution in [2.75, 3.05) is 11.9 Å². The molecule has 2 N–H and O–H groups in total. The van der Waals surface area contributed by atoms with Crippen LogP contribution in [0.1, 0.15) is 45.1 Å². The molecule has 0 aliphatic heterocycles. The monoisotopic (exact) mass is 420 g/mol. The van der Waals surface area contributed by atoms with Crippen LogP contribution < -0.4 is 5.32 Å². The molecule has 5 nitrogen and oxygen atoms in total. The number of hydrogen-bond acceptors (Lipinski definition) is 4. The van der Waals surface area contributed by atoms with E-state index in [1.165, 1.54) is 0 Å². The first-order valence-corrected chi connectivity index (χ1v) is 9.00. The highest BCUT2D eigenvalue weighted by Gasteiger charge is 2.30. The van der Waals surface area contributed by atoms with Gasteiger partial charge in [0.1, 0.15) is 5.65 Å². The zero-order chi connectivity index (χ0) is 18.2. The number of halogens is 4. The van der Waals surface area contributed by atoms with Crippen LogP contribution >= 0.6 is 15.9 Å². The summed E-state index contributed by atoms with van der Waals surface area (Å²) in [7, 11) is 0. The molecule has 0 aromatic carbocycles. The lowest BCUT2D eigenvalue weighted by molar-refractivity contribution is -0.131. The Bertz CT molecular complexity index is 750. The largest absolute Gasteiger partial charge is 0.390 e. The Balaban J connectivity index is 1.81. The summed E-state index contributed by atoms with van der Waals surface area (Å²) in [5, 5.41) is 13.6. The van der Waals surface area contributed by atoms with Crippen LogP contribution in [0.3, 0.4) is 0 Å². The molecule has 3 rings (SSSR count). The predicted octanol–water partition coefficient (Wildman–Crippen LogP) is 4.42. The third kappa shape index (κ3) is 4.44. The minimum Gasteiger partial charge on any atom is -0.390 e. The summed E-state index contributed by atoms with van der Waals surface area (Å²) in [6.45, 7) is 1.58. The summed E-state index contributed by atoms with van der Waals surface area (Å²) in [5.41, 5.74) is 0.0543. The predicted molar refractivity (Wildman–Crippen MR) is 92.5 cm³/mol. The lowest BCUT2D eigenvalue weighted by atomic mass is 9.83. The van der Waals surface area contributed by atoms with E-state index in [2.05, 4.69) is 31.2 Å². The van der Waals surface area contributed by atoms with Gasteiger partial charge in [0.25, 0.3) is 0 Å². The first kappa shape index (κ1) is 18.4. The van der Waals surface area contributed by atoms with Crippen molar-refractivity contribution in [2.24, 2.45) is 0 Å². The van der Waals surface area contributed by atoms with E-state index in [-0.39, 0.29) is 18.5 Å². The number of fused-ring (bicyclic) bond motifs is 1. The number of anilines is 1. The minimum atomic E-state index is -4.21. The van der Waals surface area contributed by atoms with Crippen LogP contribution in [0.4, 0.5) is 19.1 Å². The van der Waals surface area contributed by atoms with Crippen molar-refractivity contribution in [1.82, 2.24) is 14.5 Å². The molecule has 25 heavy (non-hydrogen) atoms. The lowest BCUT2D eigenvalue weighted by Gasteiger charge is -2.33. The van der Waals surface area contributed by atoms with Crippen molar-refractivity contribution in [3.63, 3.8) is 0 Å². The minimum absolute atomic E-state index is 0.186. The zero-order valence-electron chi connectivity index (χ0n) is 13.8. The molecular weight excluding hydrogens is 401 g/mol. The summed E-state index contributed by atoms with van der Waals surface area (Å²) in [6.07, 6.45) is 1.46. The Kier molecular flexibility index (Phi) is 4.98. The van der Waals surface area contributed by atoms with Crippen molar-refractivity contribution in [3.8, 4) is 0 Å². The Labute approximate surface area is 151 Å². The number of rotatable bonds is 4. The molecule has 0 atom stereocenters. The SMILES string of the molecule is C[C@]1(O)CC[C@@H](n2cc(Br)c3cnc(NCCC(F)(F)F)nc32)CC1. The fourth-order valence-corrected chi connectivity index (χ4v) is 3.67. The summed E-state index contributed by atoms with van der Waals surface area (Å²) >= 11 is 3.49. The smallest absolute Gasteiger partial charge is 0.390 e. The summed E-state index contributed by atoms with van der Waals surface area (Å²) < 4.78 is 39.7. The third-order valence-corrected chi connectivity index (χ3v) is 5.27. The van der Waals surface area contributed by atoms with Crippen molar-refractivity contribution in [2.45, 2.75) is 56.8 Å². The van der Waals surface area contributed by atoms with Crippen molar-refractivity contribution >= 4 is 32.9 Å². The van der Waals surface area contributed by atoms with Gasteiger partial charge in [0.15, 0.2) is 0 Å². The van der Waals surface area contributed by atoms with E-state index in [1.807, 2.05) is 17.7 Å². The fourth-order valence-electron chi connectivity index (χ4n) is 3.17. The first-order valence-electron chi connectivity index (χ1n) is 8.21. The van der Waals surface area contributed by atoms with Crippen LogP contribution in [-0.4, -0.2) is 38.0 Å². The molecule has 0 amide bonds. The molecule has 0 radical (unpaired) electrons. The van der Waals surface area contributed by atoms with Gasteiger partial charge in [0.2, 0.25) is 5.95 Å². The maximum atomic E-state index is 12.3. The Morgan fingerprint density at radius 3 is 2.72 bits per heavy atom. The Morgan fingerprint density at radius 1 is 1.40 bits per heavy atom. The van der Waals surface area contributed by atoms with E-state index < -0.39 is 18.2 Å². The molecule has 0 saturated heterocycles. The van der Waals surface area contributed by atoms with Crippen LogP contribution in [0.5, 0.6) is 0 Å². The Hall–Kier alpha value is -1.35. The topological polar surface area (TPSA) is 63.0 Å². The van der Waals surface area contributed by atoms with Crippen LogP contribution in [0.15, 0.2) is 16.9 Å². The van der Waals surface area contributed by atoms with Crippen LogP contribution in [0, 0.1) is 0 Å². The van der Waals surface area contributed by atoms with E-state index in [9.17, 15) is 18.3 Å².